The molecule has 4 heteroatoms. The summed E-state index contributed by atoms with van der Waals surface area (Å²) in [5.41, 5.74) is 7.41. The maximum absolute atomic E-state index is 11.7. The summed E-state index contributed by atoms with van der Waals surface area (Å²) in [6.07, 6.45) is -0.437. The Balaban J connectivity index is 2.75. The Labute approximate surface area is 102 Å². The van der Waals surface area contributed by atoms with Crippen LogP contribution >= 0.6 is 0 Å². The Morgan fingerprint density at radius 3 is 2.53 bits per heavy atom. The van der Waals surface area contributed by atoms with E-state index in [4.69, 9.17) is 10.5 Å². The van der Waals surface area contributed by atoms with Crippen molar-refractivity contribution in [1.29, 1.82) is 0 Å². The van der Waals surface area contributed by atoms with Crippen LogP contribution in [0.5, 0.6) is 0 Å². The number of hydrogen-bond acceptors (Lipinski definition) is 3. The van der Waals surface area contributed by atoms with Crippen LogP contribution in [-0.4, -0.2) is 24.1 Å². The molecule has 0 bridgehead atoms. The summed E-state index contributed by atoms with van der Waals surface area (Å²) in [6, 6.07) is 7.44. The summed E-state index contributed by atoms with van der Waals surface area (Å²) in [5.74, 6) is 0. The molecule has 17 heavy (non-hydrogen) atoms. The van der Waals surface area contributed by atoms with Crippen molar-refractivity contribution in [2.24, 2.45) is 0 Å². The minimum atomic E-state index is -0.324. The molecule has 2 N–H and O–H groups in total. The molecule has 0 aliphatic carbocycles. The minimum absolute atomic E-state index is 0.0650. The zero-order valence-corrected chi connectivity index (χ0v) is 10.8. The van der Waals surface area contributed by atoms with E-state index in [0.717, 1.165) is 5.56 Å². The Kier molecular flexibility index (Phi) is 4.37. The largest absolute Gasteiger partial charge is 0.447 e. The van der Waals surface area contributed by atoms with Gasteiger partial charge in [-0.2, -0.15) is 0 Å². The third-order valence-electron chi connectivity index (χ3n) is 2.60. The third kappa shape index (κ3) is 3.66. The van der Waals surface area contributed by atoms with Gasteiger partial charge in [0.15, 0.2) is 0 Å². The summed E-state index contributed by atoms with van der Waals surface area (Å²) in [4.78, 5) is 13.3. The average molecular weight is 236 g/mol. The van der Waals surface area contributed by atoms with Gasteiger partial charge in [-0.25, -0.2) is 4.79 Å². The predicted octanol–water partition coefficient (Wildman–Crippen LogP) is 2.81. The molecule has 0 saturated heterocycles. The quantitative estimate of drug-likeness (QED) is 0.821. The van der Waals surface area contributed by atoms with Crippen molar-refractivity contribution < 1.29 is 9.53 Å². The lowest BCUT2D eigenvalue weighted by Crippen LogP contribution is -2.31. The fourth-order valence-corrected chi connectivity index (χ4v) is 1.49. The molecule has 0 aromatic heterocycles. The first-order chi connectivity index (χ1) is 7.91. The number of anilines is 1. The molecule has 0 aliphatic heterocycles. The van der Waals surface area contributed by atoms with E-state index < -0.39 is 0 Å². The van der Waals surface area contributed by atoms with E-state index in [1.165, 1.54) is 0 Å². The number of amides is 1. The molecule has 4 nitrogen and oxygen atoms in total. The summed E-state index contributed by atoms with van der Waals surface area (Å²) >= 11 is 0. The van der Waals surface area contributed by atoms with Gasteiger partial charge in [0.1, 0.15) is 0 Å². The fourth-order valence-electron chi connectivity index (χ4n) is 1.49. The third-order valence-corrected chi connectivity index (χ3v) is 2.60. The van der Waals surface area contributed by atoms with Gasteiger partial charge in [0, 0.05) is 12.7 Å². The highest BCUT2D eigenvalue weighted by atomic mass is 16.6. The van der Waals surface area contributed by atoms with Crippen molar-refractivity contribution in [2.45, 2.75) is 32.9 Å². The van der Waals surface area contributed by atoms with Crippen LogP contribution in [0.25, 0.3) is 0 Å². The molecule has 0 heterocycles. The first-order valence-electron chi connectivity index (χ1n) is 5.70. The summed E-state index contributed by atoms with van der Waals surface area (Å²) in [6.45, 7) is 5.60. The molecule has 0 aliphatic rings. The number of benzene rings is 1. The molecule has 94 valence electrons. The van der Waals surface area contributed by atoms with Crippen LogP contribution in [0.15, 0.2) is 24.3 Å². The molecule has 0 fully saturated rings. The number of ether oxygens (including phenoxy) is 1. The van der Waals surface area contributed by atoms with Crippen molar-refractivity contribution >= 4 is 11.8 Å². The maximum atomic E-state index is 11.7. The van der Waals surface area contributed by atoms with E-state index in [2.05, 4.69) is 0 Å². The Morgan fingerprint density at radius 2 is 2.00 bits per heavy atom. The Bertz CT molecular complexity index is 391. The van der Waals surface area contributed by atoms with Gasteiger partial charge >= 0.3 is 6.09 Å². The summed E-state index contributed by atoms with van der Waals surface area (Å²) in [7, 11) is 1.72. The number of hydrogen-bond donors (Lipinski definition) is 1. The van der Waals surface area contributed by atoms with E-state index in [9.17, 15) is 4.79 Å². The molecular weight excluding hydrogens is 216 g/mol. The lowest BCUT2D eigenvalue weighted by Gasteiger charge is -2.25. The van der Waals surface area contributed by atoms with Gasteiger partial charge in [0.25, 0.3) is 0 Å². The van der Waals surface area contributed by atoms with Crippen molar-refractivity contribution in [3.63, 3.8) is 0 Å². The normalized spacial score (nSPS) is 12.3. The zero-order chi connectivity index (χ0) is 13.0. The second kappa shape index (κ2) is 5.57. The fraction of sp³-hybridized carbons (Fsp3) is 0.462. The topological polar surface area (TPSA) is 55.6 Å². The van der Waals surface area contributed by atoms with E-state index >= 15 is 0 Å². The predicted molar refractivity (Wildman–Crippen MR) is 68.6 cm³/mol. The lowest BCUT2D eigenvalue weighted by molar-refractivity contribution is 0.0744. The molecule has 1 aromatic carbocycles. The highest BCUT2D eigenvalue weighted by Crippen LogP contribution is 2.21. The standard InChI is InChI=1S/C13H20N2O2/c1-9(2)17-13(16)15(4)10(3)11-6-5-7-12(14)8-11/h5-10H,14H2,1-4H3. The van der Waals surface area contributed by atoms with Crippen LogP contribution in [0.3, 0.4) is 0 Å². The number of nitrogens with two attached hydrogens (primary N) is 1. The van der Waals surface area contributed by atoms with Crippen molar-refractivity contribution in [3.05, 3.63) is 29.8 Å². The van der Waals surface area contributed by atoms with Crippen LogP contribution in [0.4, 0.5) is 10.5 Å². The summed E-state index contributed by atoms with van der Waals surface area (Å²) < 4.78 is 5.14. The number of carbonyl (C=O) groups excluding carboxylic acids is 1. The van der Waals surface area contributed by atoms with E-state index in [1.54, 1.807) is 11.9 Å². The van der Waals surface area contributed by atoms with Gasteiger partial charge in [-0.1, -0.05) is 12.1 Å². The van der Waals surface area contributed by atoms with E-state index in [1.807, 2.05) is 45.0 Å². The Hall–Kier alpha value is -1.71. The second-order valence-electron chi connectivity index (χ2n) is 4.39. The number of rotatable bonds is 3. The molecule has 1 amide bonds. The average Bonchev–Trinajstić information content (AvgIpc) is 2.26. The van der Waals surface area contributed by atoms with Gasteiger partial charge < -0.3 is 15.4 Å². The monoisotopic (exact) mass is 236 g/mol. The second-order valence-corrected chi connectivity index (χ2v) is 4.39. The maximum Gasteiger partial charge on any atom is 0.410 e. The first kappa shape index (κ1) is 13.4. The molecule has 0 radical (unpaired) electrons. The van der Waals surface area contributed by atoms with Crippen LogP contribution in [0.2, 0.25) is 0 Å². The summed E-state index contributed by atoms with van der Waals surface area (Å²) in [5, 5.41) is 0. The smallest absolute Gasteiger partial charge is 0.410 e. The highest BCUT2D eigenvalue weighted by Gasteiger charge is 2.19. The van der Waals surface area contributed by atoms with Crippen molar-refractivity contribution in [1.82, 2.24) is 4.90 Å². The zero-order valence-electron chi connectivity index (χ0n) is 10.8. The molecule has 0 spiro atoms. The van der Waals surface area contributed by atoms with Crippen molar-refractivity contribution in [2.75, 3.05) is 12.8 Å². The van der Waals surface area contributed by atoms with Crippen molar-refractivity contribution in [3.8, 4) is 0 Å². The number of carbonyl (C=O) groups is 1. The molecule has 0 saturated carbocycles. The first-order valence-corrected chi connectivity index (χ1v) is 5.70. The molecule has 1 rings (SSSR count). The minimum Gasteiger partial charge on any atom is -0.447 e. The van der Waals surface area contributed by atoms with Crippen LogP contribution in [0, 0.1) is 0 Å². The van der Waals surface area contributed by atoms with Crippen LogP contribution in [0.1, 0.15) is 32.4 Å². The van der Waals surface area contributed by atoms with Crippen LogP contribution < -0.4 is 5.73 Å². The molecule has 1 atom stereocenters. The van der Waals surface area contributed by atoms with E-state index in [0.29, 0.717) is 5.69 Å². The molecular formula is C13H20N2O2. The van der Waals surface area contributed by atoms with Gasteiger partial charge in [0.2, 0.25) is 0 Å². The van der Waals surface area contributed by atoms with E-state index in [-0.39, 0.29) is 18.2 Å². The SMILES string of the molecule is CC(C)OC(=O)N(C)C(C)c1cccc(N)c1. The highest BCUT2D eigenvalue weighted by molar-refractivity contribution is 5.68. The van der Waals surface area contributed by atoms with Crippen LogP contribution in [-0.2, 0) is 4.74 Å². The molecule has 1 unspecified atom stereocenters. The van der Waals surface area contributed by atoms with Gasteiger partial charge in [-0.3, -0.25) is 0 Å². The van der Waals surface area contributed by atoms with Gasteiger partial charge in [-0.15, -0.1) is 0 Å². The van der Waals surface area contributed by atoms with Gasteiger partial charge in [-0.05, 0) is 38.5 Å². The number of nitrogen functional groups attached to an aromatic ring is 1. The molecule has 1 aromatic rings. The lowest BCUT2D eigenvalue weighted by atomic mass is 10.1. The Morgan fingerprint density at radius 1 is 1.35 bits per heavy atom. The van der Waals surface area contributed by atoms with Gasteiger partial charge in [0.05, 0.1) is 12.1 Å². The number of nitrogens with zero attached hydrogens (tertiary/aromatic N) is 1.